The van der Waals surface area contributed by atoms with E-state index in [-0.39, 0.29) is 0 Å². The molecule has 0 rings (SSSR count). The van der Waals surface area contributed by atoms with Crippen LogP contribution in [0.15, 0.2) is 0 Å². The number of carbonyl (C=O) groups is 1. The lowest BCUT2D eigenvalue weighted by atomic mass is 10.2. The second-order valence-electron chi connectivity index (χ2n) is 2.57. The topological polar surface area (TPSA) is 26.3 Å². The van der Waals surface area contributed by atoms with E-state index in [0.717, 1.165) is 0 Å². The van der Waals surface area contributed by atoms with Gasteiger partial charge in [0, 0.05) is 0 Å². The van der Waals surface area contributed by atoms with E-state index >= 15 is 0 Å². The highest BCUT2D eigenvalue weighted by molar-refractivity contribution is 5.72. The number of alkyl halides is 8. The molecule has 0 aliphatic heterocycles. The summed E-state index contributed by atoms with van der Waals surface area (Å²) in [6.45, 7) is -2.41. The van der Waals surface area contributed by atoms with Crippen molar-refractivity contribution >= 4 is 5.97 Å². The zero-order chi connectivity index (χ0) is 13.1. The molecule has 96 valence electrons. The number of hydrogen-bond acceptors (Lipinski definition) is 2. The zero-order valence-corrected chi connectivity index (χ0v) is 7.20. The molecule has 0 spiro atoms. The zero-order valence-electron chi connectivity index (χ0n) is 7.20. The number of halogens is 8. The molecule has 0 aromatic rings. The van der Waals surface area contributed by atoms with Crippen LogP contribution in [-0.2, 0) is 9.53 Å². The van der Waals surface area contributed by atoms with E-state index in [4.69, 9.17) is 0 Å². The van der Waals surface area contributed by atoms with Crippen LogP contribution >= 0.6 is 0 Å². The van der Waals surface area contributed by atoms with Gasteiger partial charge in [-0.3, -0.25) is 0 Å². The van der Waals surface area contributed by atoms with Crippen LogP contribution in [0.25, 0.3) is 0 Å². The standard InChI is InChI=1S/C6H4F8O2/c7-2(8)3(15)16-1-5(10,11)4(9)6(12,13)14/h2,4H,1H2. The molecule has 0 N–H and O–H groups in total. The first-order chi connectivity index (χ1) is 6.98. The molecule has 0 aromatic carbocycles. The molecule has 0 fully saturated rings. The number of carbonyl (C=O) groups excluding carboxylic acids is 1. The lowest BCUT2D eigenvalue weighted by Gasteiger charge is -2.22. The van der Waals surface area contributed by atoms with Crippen molar-refractivity contribution in [1.82, 2.24) is 0 Å². The molecule has 1 atom stereocenters. The van der Waals surface area contributed by atoms with Crippen molar-refractivity contribution in [2.75, 3.05) is 6.61 Å². The van der Waals surface area contributed by atoms with Gasteiger partial charge in [0.05, 0.1) is 0 Å². The third-order valence-electron chi connectivity index (χ3n) is 1.24. The fourth-order valence-corrected chi connectivity index (χ4v) is 0.543. The smallest absolute Gasteiger partial charge is 0.425 e. The fourth-order valence-electron chi connectivity index (χ4n) is 0.543. The Morgan fingerprint density at radius 2 is 1.50 bits per heavy atom. The maximum absolute atomic E-state index is 12.3. The largest absolute Gasteiger partial charge is 0.455 e. The molecular weight excluding hydrogens is 256 g/mol. The number of ether oxygens (including phenoxy) is 1. The molecule has 0 saturated heterocycles. The lowest BCUT2D eigenvalue weighted by molar-refractivity contribution is -0.255. The molecule has 0 bridgehead atoms. The summed E-state index contributed by atoms with van der Waals surface area (Å²) in [6, 6.07) is 0. The van der Waals surface area contributed by atoms with Gasteiger partial charge in [0.15, 0.2) is 6.61 Å². The summed E-state index contributed by atoms with van der Waals surface area (Å²) in [5.41, 5.74) is 0. The molecule has 0 aromatic heterocycles. The fraction of sp³-hybridized carbons (Fsp3) is 0.833. The van der Waals surface area contributed by atoms with Crippen molar-refractivity contribution in [2.24, 2.45) is 0 Å². The van der Waals surface area contributed by atoms with Crippen molar-refractivity contribution in [1.29, 1.82) is 0 Å². The second kappa shape index (κ2) is 4.83. The molecule has 0 aliphatic carbocycles. The van der Waals surface area contributed by atoms with Gasteiger partial charge in [-0.25, -0.2) is 9.18 Å². The van der Waals surface area contributed by atoms with Crippen LogP contribution in [0.1, 0.15) is 0 Å². The van der Waals surface area contributed by atoms with E-state index in [1.165, 1.54) is 0 Å². The molecule has 0 saturated carbocycles. The van der Waals surface area contributed by atoms with E-state index in [1.54, 1.807) is 0 Å². The predicted molar refractivity (Wildman–Crippen MR) is 32.9 cm³/mol. The third kappa shape index (κ3) is 4.19. The van der Waals surface area contributed by atoms with Gasteiger partial charge in [-0.2, -0.15) is 30.7 Å². The first-order valence-corrected chi connectivity index (χ1v) is 3.52. The Hall–Kier alpha value is -1.09. The van der Waals surface area contributed by atoms with Crippen LogP contribution in [-0.4, -0.2) is 37.3 Å². The minimum atomic E-state index is -5.87. The summed E-state index contributed by atoms with van der Waals surface area (Å²) in [5.74, 6) is -7.56. The Kier molecular flexibility index (Phi) is 4.50. The van der Waals surface area contributed by atoms with Gasteiger partial charge in [-0.15, -0.1) is 0 Å². The van der Waals surface area contributed by atoms with Gasteiger partial charge in [0.2, 0.25) is 0 Å². The Labute approximate surface area is 83.2 Å². The van der Waals surface area contributed by atoms with Crippen molar-refractivity contribution in [3.8, 4) is 0 Å². The summed E-state index contributed by atoms with van der Waals surface area (Å²) in [6.07, 6.45) is -14.2. The Balaban J connectivity index is 4.41. The van der Waals surface area contributed by atoms with E-state index in [0.29, 0.717) is 0 Å². The Bertz CT molecular complexity index is 247. The first kappa shape index (κ1) is 14.9. The molecular formula is C6H4F8O2. The van der Waals surface area contributed by atoms with Crippen LogP contribution in [0.2, 0.25) is 0 Å². The van der Waals surface area contributed by atoms with E-state index in [9.17, 15) is 39.9 Å². The molecule has 1 unspecified atom stereocenters. The van der Waals surface area contributed by atoms with Crippen LogP contribution in [0.5, 0.6) is 0 Å². The highest BCUT2D eigenvalue weighted by Crippen LogP contribution is 2.35. The van der Waals surface area contributed by atoms with E-state index in [1.807, 2.05) is 0 Å². The van der Waals surface area contributed by atoms with Crippen molar-refractivity contribution in [2.45, 2.75) is 24.7 Å². The molecule has 0 heterocycles. The lowest BCUT2D eigenvalue weighted by Crippen LogP contribution is -2.45. The summed E-state index contributed by atoms with van der Waals surface area (Å²) in [5, 5.41) is 0. The van der Waals surface area contributed by atoms with E-state index in [2.05, 4.69) is 4.74 Å². The monoisotopic (exact) mass is 260 g/mol. The quantitative estimate of drug-likeness (QED) is 0.572. The molecule has 2 nitrogen and oxygen atoms in total. The van der Waals surface area contributed by atoms with Gasteiger partial charge in [0.1, 0.15) is 0 Å². The summed E-state index contributed by atoms with van der Waals surface area (Å²) >= 11 is 0. The van der Waals surface area contributed by atoms with Crippen molar-refractivity contribution < 1.29 is 44.7 Å². The van der Waals surface area contributed by atoms with Gasteiger partial charge in [-0.1, -0.05) is 0 Å². The van der Waals surface area contributed by atoms with Gasteiger partial charge in [0.25, 0.3) is 6.17 Å². The van der Waals surface area contributed by atoms with Gasteiger partial charge in [-0.05, 0) is 0 Å². The highest BCUT2D eigenvalue weighted by atomic mass is 19.4. The average Bonchev–Trinajstić information content (AvgIpc) is 2.11. The van der Waals surface area contributed by atoms with Crippen molar-refractivity contribution in [3.05, 3.63) is 0 Å². The summed E-state index contributed by atoms with van der Waals surface area (Å²) in [7, 11) is 0. The first-order valence-electron chi connectivity index (χ1n) is 3.52. The third-order valence-corrected chi connectivity index (χ3v) is 1.24. The second-order valence-corrected chi connectivity index (χ2v) is 2.57. The normalized spacial score (nSPS) is 15.1. The molecule has 0 aliphatic rings. The molecule has 0 radical (unpaired) electrons. The highest BCUT2D eigenvalue weighted by Gasteiger charge is 2.57. The number of rotatable bonds is 4. The summed E-state index contributed by atoms with van der Waals surface area (Å²) in [4.78, 5) is 9.95. The average molecular weight is 260 g/mol. The van der Waals surface area contributed by atoms with Crippen LogP contribution in [0.3, 0.4) is 0 Å². The molecule has 0 amide bonds. The van der Waals surface area contributed by atoms with Crippen LogP contribution < -0.4 is 0 Å². The van der Waals surface area contributed by atoms with Gasteiger partial charge >= 0.3 is 24.5 Å². The van der Waals surface area contributed by atoms with Crippen LogP contribution in [0.4, 0.5) is 35.1 Å². The Morgan fingerprint density at radius 3 is 1.81 bits per heavy atom. The number of hydrogen-bond donors (Lipinski definition) is 0. The molecule has 10 heteroatoms. The van der Waals surface area contributed by atoms with Gasteiger partial charge < -0.3 is 4.74 Å². The minimum Gasteiger partial charge on any atom is -0.455 e. The molecule has 16 heavy (non-hydrogen) atoms. The van der Waals surface area contributed by atoms with Crippen molar-refractivity contribution in [3.63, 3.8) is 0 Å². The maximum Gasteiger partial charge on any atom is 0.425 e. The Morgan fingerprint density at radius 1 is 1.06 bits per heavy atom. The van der Waals surface area contributed by atoms with Crippen LogP contribution in [0, 0.1) is 0 Å². The maximum atomic E-state index is 12.3. The minimum absolute atomic E-state index is 2.41. The summed E-state index contributed by atoms with van der Waals surface area (Å²) < 4.78 is 97.1. The number of esters is 1. The van der Waals surface area contributed by atoms with E-state index < -0.39 is 37.3 Å². The predicted octanol–water partition coefficient (Wildman–Crippen LogP) is 2.33. The SMILES string of the molecule is O=C(OCC(F)(F)C(F)C(F)(F)F)C(F)F.